The zero-order valence-electron chi connectivity index (χ0n) is 16.2. The lowest BCUT2D eigenvalue weighted by Gasteiger charge is -2.07. The van der Waals surface area contributed by atoms with E-state index in [4.69, 9.17) is 5.73 Å². The van der Waals surface area contributed by atoms with Gasteiger partial charge in [-0.1, -0.05) is 24.0 Å². The molecule has 7 heteroatoms. The Balaban J connectivity index is 1.69. The van der Waals surface area contributed by atoms with Crippen LogP contribution in [0.1, 0.15) is 30.1 Å². The van der Waals surface area contributed by atoms with E-state index in [0.29, 0.717) is 23.0 Å². The van der Waals surface area contributed by atoms with Crippen LogP contribution in [-0.4, -0.2) is 29.6 Å². The van der Waals surface area contributed by atoms with Crippen LogP contribution in [-0.2, 0) is 6.54 Å². The molecule has 4 rings (SSSR count). The van der Waals surface area contributed by atoms with Crippen molar-refractivity contribution in [2.24, 2.45) is 0 Å². The van der Waals surface area contributed by atoms with Gasteiger partial charge in [0.05, 0.1) is 0 Å². The summed E-state index contributed by atoms with van der Waals surface area (Å²) in [5.74, 6) is 7.33. The van der Waals surface area contributed by atoms with E-state index in [-0.39, 0.29) is 0 Å². The van der Waals surface area contributed by atoms with Gasteiger partial charge in [0.1, 0.15) is 17.2 Å². The van der Waals surface area contributed by atoms with Gasteiger partial charge in [0, 0.05) is 47.3 Å². The molecule has 4 aromatic rings. The van der Waals surface area contributed by atoms with E-state index in [2.05, 4.69) is 31.8 Å². The third-order valence-electron chi connectivity index (χ3n) is 4.64. The molecule has 0 unspecified atom stereocenters. The minimum atomic E-state index is -0.960. The van der Waals surface area contributed by atoms with Crippen LogP contribution in [0.15, 0.2) is 48.9 Å². The number of aliphatic hydroxyl groups is 1. The summed E-state index contributed by atoms with van der Waals surface area (Å²) >= 11 is 0. The first-order valence-corrected chi connectivity index (χ1v) is 9.26. The highest BCUT2D eigenvalue weighted by Gasteiger charge is 2.11. The lowest BCUT2D eigenvalue weighted by Crippen LogP contribution is -2.05. The fourth-order valence-electron chi connectivity index (χ4n) is 3.15. The van der Waals surface area contributed by atoms with Crippen LogP contribution in [0.25, 0.3) is 22.3 Å². The highest BCUT2D eigenvalue weighted by atomic mass is 16.3. The fourth-order valence-corrected chi connectivity index (χ4v) is 3.15. The van der Waals surface area contributed by atoms with E-state index in [1.807, 2.05) is 54.9 Å². The van der Waals surface area contributed by atoms with E-state index in [1.54, 1.807) is 12.4 Å². The molecule has 0 spiro atoms. The topological polar surface area (TPSA) is 103 Å². The second-order valence-corrected chi connectivity index (χ2v) is 6.55. The van der Waals surface area contributed by atoms with E-state index < -0.39 is 6.10 Å². The van der Waals surface area contributed by atoms with E-state index in [9.17, 15) is 5.11 Å². The Morgan fingerprint density at radius 2 is 2.03 bits per heavy atom. The first kappa shape index (κ1) is 18.6. The summed E-state index contributed by atoms with van der Waals surface area (Å²) in [5.41, 5.74) is 9.02. The number of hydrogen-bond acceptors (Lipinski definition) is 6. The van der Waals surface area contributed by atoms with E-state index in [1.165, 1.54) is 0 Å². The smallest absolute Gasteiger partial charge is 0.173 e. The second-order valence-electron chi connectivity index (χ2n) is 6.55. The third-order valence-corrected chi connectivity index (χ3v) is 4.64. The van der Waals surface area contributed by atoms with E-state index in [0.717, 1.165) is 28.8 Å². The molecule has 3 N–H and O–H groups in total. The number of fused-ring (bicyclic) bond motifs is 1. The van der Waals surface area contributed by atoms with Crippen LogP contribution in [0.2, 0.25) is 0 Å². The van der Waals surface area contributed by atoms with Crippen molar-refractivity contribution in [1.29, 1.82) is 0 Å². The molecule has 0 amide bonds. The Kier molecular flexibility index (Phi) is 4.94. The maximum atomic E-state index is 10.4. The van der Waals surface area contributed by atoms with Gasteiger partial charge in [0.25, 0.3) is 0 Å². The Labute approximate surface area is 168 Å². The van der Waals surface area contributed by atoms with Gasteiger partial charge in [-0.3, -0.25) is 0 Å². The highest BCUT2D eigenvalue weighted by molar-refractivity contribution is 5.89. The second kappa shape index (κ2) is 7.70. The monoisotopic (exact) mass is 384 g/mol. The molecule has 0 saturated heterocycles. The lowest BCUT2D eigenvalue weighted by atomic mass is 10.1. The molecule has 144 valence electrons. The number of nitrogens with two attached hydrogens (primary N) is 1. The summed E-state index contributed by atoms with van der Waals surface area (Å²) in [5, 5.41) is 11.2. The minimum absolute atomic E-state index is 0.375. The number of nitrogen functional groups attached to an aromatic ring is 1. The van der Waals surface area contributed by atoms with Crippen molar-refractivity contribution in [2.75, 3.05) is 5.73 Å². The molecule has 0 aliphatic heterocycles. The number of pyridine rings is 1. The molecule has 3 heterocycles. The molecular weight excluding hydrogens is 364 g/mol. The average molecular weight is 384 g/mol. The van der Waals surface area contributed by atoms with Gasteiger partial charge in [-0.25, -0.2) is 19.9 Å². The van der Waals surface area contributed by atoms with Crippen LogP contribution in [0.4, 0.5) is 5.82 Å². The number of benzene rings is 1. The van der Waals surface area contributed by atoms with Crippen molar-refractivity contribution < 1.29 is 5.11 Å². The SMILES string of the molecule is CCn1ccnc1[C@H](O)C#Cc1cccc(-c2nc(C)c3ccnc(N)c3n2)c1. The van der Waals surface area contributed by atoms with Crippen molar-refractivity contribution in [3.8, 4) is 23.2 Å². The van der Waals surface area contributed by atoms with Gasteiger partial charge in [0.15, 0.2) is 11.9 Å². The maximum absolute atomic E-state index is 10.4. The molecule has 0 saturated carbocycles. The number of aliphatic hydroxyl groups excluding tert-OH is 1. The van der Waals surface area contributed by atoms with Gasteiger partial charge in [-0.15, -0.1) is 0 Å². The molecule has 0 aliphatic carbocycles. The molecule has 0 radical (unpaired) electrons. The van der Waals surface area contributed by atoms with Crippen LogP contribution < -0.4 is 5.73 Å². The Morgan fingerprint density at radius 1 is 1.17 bits per heavy atom. The standard InChI is InChI=1S/C22H20N6O/c1-3-28-12-11-25-22(28)18(29)8-7-15-5-4-6-16(13-15)21-26-14(2)17-9-10-24-20(23)19(17)27-21/h4-6,9-13,18,29H,3H2,1-2H3,(H2,23,24)/t18-/m1/s1. The molecule has 29 heavy (non-hydrogen) atoms. The Hall–Kier alpha value is -3.76. The number of imidazole rings is 1. The summed E-state index contributed by atoms with van der Waals surface area (Å²) < 4.78 is 1.86. The first-order chi connectivity index (χ1) is 14.1. The molecule has 1 atom stereocenters. The van der Waals surface area contributed by atoms with Crippen LogP contribution in [0.5, 0.6) is 0 Å². The predicted octanol–water partition coefficient (Wildman–Crippen LogP) is 2.88. The molecule has 7 nitrogen and oxygen atoms in total. The van der Waals surface area contributed by atoms with Crippen molar-refractivity contribution in [2.45, 2.75) is 26.5 Å². The highest BCUT2D eigenvalue weighted by Crippen LogP contribution is 2.24. The fraction of sp³-hybridized carbons (Fsp3) is 0.182. The van der Waals surface area contributed by atoms with E-state index >= 15 is 0 Å². The Bertz CT molecular complexity index is 1250. The maximum Gasteiger partial charge on any atom is 0.173 e. The number of nitrogens with zero attached hydrogens (tertiary/aromatic N) is 5. The molecule has 3 aromatic heterocycles. The van der Waals surface area contributed by atoms with Gasteiger partial charge < -0.3 is 15.4 Å². The molecule has 0 bridgehead atoms. The quantitative estimate of drug-likeness (QED) is 0.527. The number of hydrogen-bond donors (Lipinski definition) is 2. The van der Waals surface area contributed by atoms with Crippen molar-refractivity contribution in [3.63, 3.8) is 0 Å². The lowest BCUT2D eigenvalue weighted by molar-refractivity contribution is 0.222. The van der Waals surface area contributed by atoms with Crippen molar-refractivity contribution in [1.82, 2.24) is 24.5 Å². The normalized spacial score (nSPS) is 11.8. The summed E-state index contributed by atoms with van der Waals surface area (Å²) in [6.07, 6.45) is 4.17. The van der Waals surface area contributed by atoms with Gasteiger partial charge >= 0.3 is 0 Å². The summed E-state index contributed by atoms with van der Waals surface area (Å²) in [6, 6.07) is 9.42. The number of rotatable bonds is 3. The summed E-state index contributed by atoms with van der Waals surface area (Å²) in [7, 11) is 0. The summed E-state index contributed by atoms with van der Waals surface area (Å²) in [6.45, 7) is 4.63. The molecule has 1 aromatic carbocycles. The van der Waals surface area contributed by atoms with Gasteiger partial charge in [-0.05, 0) is 32.0 Å². The van der Waals surface area contributed by atoms with Crippen molar-refractivity contribution in [3.05, 3.63) is 66.0 Å². The molecule has 0 fully saturated rings. The minimum Gasteiger partial charge on any atom is -0.382 e. The zero-order valence-corrected chi connectivity index (χ0v) is 16.2. The average Bonchev–Trinajstić information content (AvgIpc) is 3.22. The largest absolute Gasteiger partial charge is 0.382 e. The zero-order chi connectivity index (χ0) is 20.4. The van der Waals surface area contributed by atoms with Crippen LogP contribution in [0.3, 0.4) is 0 Å². The number of anilines is 1. The predicted molar refractivity (Wildman–Crippen MR) is 112 cm³/mol. The van der Waals surface area contributed by atoms with Gasteiger partial charge in [0.2, 0.25) is 0 Å². The van der Waals surface area contributed by atoms with Crippen LogP contribution >= 0.6 is 0 Å². The van der Waals surface area contributed by atoms with Crippen LogP contribution in [0, 0.1) is 18.8 Å². The molecule has 0 aliphatic rings. The van der Waals surface area contributed by atoms with Gasteiger partial charge in [-0.2, -0.15) is 0 Å². The Morgan fingerprint density at radius 3 is 2.86 bits per heavy atom. The number of aryl methyl sites for hydroxylation is 2. The number of aromatic nitrogens is 5. The first-order valence-electron chi connectivity index (χ1n) is 9.26. The molecular formula is C22H20N6O. The summed E-state index contributed by atoms with van der Waals surface area (Å²) in [4.78, 5) is 17.5. The van der Waals surface area contributed by atoms with Crippen molar-refractivity contribution >= 4 is 16.7 Å². The third kappa shape index (κ3) is 3.66.